The monoisotopic (exact) mass is 386 g/mol. The molecule has 0 saturated carbocycles. The van der Waals surface area contributed by atoms with Gasteiger partial charge in [0.25, 0.3) is 0 Å². The maximum atomic E-state index is 12.5. The van der Waals surface area contributed by atoms with E-state index >= 15 is 0 Å². The van der Waals surface area contributed by atoms with Gasteiger partial charge in [0.15, 0.2) is 5.82 Å². The molecule has 0 atom stereocenters. The molecule has 1 aliphatic heterocycles. The van der Waals surface area contributed by atoms with Crippen LogP contribution in [0, 0.1) is 0 Å². The fourth-order valence-corrected chi connectivity index (χ4v) is 3.40. The van der Waals surface area contributed by atoms with Gasteiger partial charge in [0, 0.05) is 31.7 Å². The molecule has 0 spiro atoms. The summed E-state index contributed by atoms with van der Waals surface area (Å²) in [5.41, 5.74) is 1.70. The van der Waals surface area contributed by atoms with Gasteiger partial charge >= 0.3 is 12.1 Å². The second-order valence-electron chi connectivity index (χ2n) is 6.58. The van der Waals surface area contributed by atoms with Crippen LogP contribution >= 0.6 is 0 Å². The summed E-state index contributed by atoms with van der Waals surface area (Å²) in [5, 5.41) is 10.8. The van der Waals surface area contributed by atoms with Crippen molar-refractivity contribution in [3.05, 3.63) is 54.6 Å². The predicted octanol–water partition coefficient (Wildman–Crippen LogP) is 3.51. The highest BCUT2D eigenvalue weighted by Crippen LogP contribution is 2.28. The minimum Gasteiger partial charge on any atom is -0.352 e. The minimum absolute atomic E-state index is 0.00506. The average molecular weight is 386 g/mol. The zero-order valence-corrected chi connectivity index (χ0v) is 14.9. The van der Waals surface area contributed by atoms with Crippen molar-refractivity contribution in [2.24, 2.45) is 0 Å². The molecular weight excluding hydrogens is 369 g/mol. The van der Waals surface area contributed by atoms with E-state index in [1.165, 1.54) is 0 Å². The molecule has 0 N–H and O–H groups in total. The molecule has 1 saturated heterocycles. The summed E-state index contributed by atoms with van der Waals surface area (Å²) in [5.74, 6) is -1.20. The Labute approximate surface area is 159 Å². The summed E-state index contributed by atoms with van der Waals surface area (Å²) in [4.78, 5) is 14.0. The van der Waals surface area contributed by atoms with Crippen LogP contribution < -0.4 is 4.90 Å². The molecular formula is C20H17F3N4O. The van der Waals surface area contributed by atoms with E-state index in [1.54, 1.807) is 0 Å². The number of alkyl halides is 3. The van der Waals surface area contributed by atoms with E-state index < -0.39 is 12.1 Å². The smallest absolute Gasteiger partial charge is 0.352 e. The van der Waals surface area contributed by atoms with Crippen molar-refractivity contribution in [3.63, 3.8) is 0 Å². The Morgan fingerprint density at radius 1 is 0.857 bits per heavy atom. The van der Waals surface area contributed by atoms with Gasteiger partial charge in [0.1, 0.15) is 0 Å². The Balaban J connectivity index is 1.49. The lowest BCUT2D eigenvalue weighted by Gasteiger charge is -2.35. The van der Waals surface area contributed by atoms with E-state index in [2.05, 4.69) is 10.2 Å². The number of carbonyl (C=O) groups excluding carboxylic acids is 1. The highest BCUT2D eigenvalue weighted by atomic mass is 19.4. The number of hydrogen-bond acceptors (Lipinski definition) is 4. The maximum Gasteiger partial charge on any atom is 0.471 e. The maximum absolute atomic E-state index is 12.5. The molecule has 0 aliphatic carbocycles. The average Bonchev–Trinajstić information content (AvgIpc) is 2.72. The molecule has 28 heavy (non-hydrogen) atoms. The third kappa shape index (κ3) is 3.49. The number of carbonyl (C=O) groups is 1. The van der Waals surface area contributed by atoms with Crippen molar-refractivity contribution in [1.82, 2.24) is 15.1 Å². The second kappa shape index (κ2) is 7.10. The molecule has 1 aliphatic rings. The number of halogens is 3. The number of rotatable bonds is 2. The van der Waals surface area contributed by atoms with Crippen molar-refractivity contribution in [2.75, 3.05) is 31.1 Å². The van der Waals surface area contributed by atoms with Crippen molar-refractivity contribution in [1.29, 1.82) is 0 Å². The molecule has 0 bridgehead atoms. The number of hydrogen-bond donors (Lipinski definition) is 0. The van der Waals surface area contributed by atoms with Crippen LogP contribution in [0.2, 0.25) is 0 Å². The Kier molecular flexibility index (Phi) is 4.62. The van der Waals surface area contributed by atoms with Gasteiger partial charge in [-0.1, -0.05) is 42.5 Å². The molecule has 1 amide bonds. The van der Waals surface area contributed by atoms with Gasteiger partial charge < -0.3 is 9.80 Å². The Hall–Kier alpha value is -3.16. The first-order valence-electron chi connectivity index (χ1n) is 8.86. The van der Waals surface area contributed by atoms with Crippen LogP contribution in [0.25, 0.3) is 22.0 Å². The fraction of sp³-hybridized carbons (Fsp3) is 0.250. The number of benzene rings is 2. The van der Waals surface area contributed by atoms with Crippen LogP contribution in [0.1, 0.15) is 0 Å². The van der Waals surface area contributed by atoms with E-state index in [9.17, 15) is 18.0 Å². The standard InChI is InChI=1S/C20H17F3N4O/c21-20(22,23)19(28)27-12-10-26(11-13-27)18-9-8-17(24-25-18)16-7-3-5-14-4-1-2-6-15(14)16/h1-9H,10-13H2. The molecule has 0 unspecified atom stereocenters. The third-order valence-corrected chi connectivity index (χ3v) is 4.85. The van der Waals surface area contributed by atoms with Crippen molar-refractivity contribution >= 4 is 22.5 Å². The van der Waals surface area contributed by atoms with E-state index in [0.717, 1.165) is 26.9 Å². The van der Waals surface area contributed by atoms with Gasteiger partial charge in [0.05, 0.1) is 5.69 Å². The lowest BCUT2D eigenvalue weighted by molar-refractivity contribution is -0.185. The van der Waals surface area contributed by atoms with Gasteiger partial charge in [-0.15, -0.1) is 10.2 Å². The summed E-state index contributed by atoms with van der Waals surface area (Å²) in [6.45, 7) is 0.574. The van der Waals surface area contributed by atoms with Gasteiger partial charge in [-0.2, -0.15) is 13.2 Å². The first kappa shape index (κ1) is 18.2. The van der Waals surface area contributed by atoms with Crippen LogP contribution in [0.5, 0.6) is 0 Å². The number of amides is 1. The van der Waals surface area contributed by atoms with Gasteiger partial charge in [-0.3, -0.25) is 4.79 Å². The predicted molar refractivity (Wildman–Crippen MR) is 99.8 cm³/mol. The van der Waals surface area contributed by atoms with Crippen LogP contribution in [0.3, 0.4) is 0 Å². The number of piperazine rings is 1. The quantitative estimate of drug-likeness (QED) is 0.676. The third-order valence-electron chi connectivity index (χ3n) is 4.85. The molecule has 144 valence electrons. The Morgan fingerprint density at radius 3 is 2.25 bits per heavy atom. The second-order valence-corrected chi connectivity index (χ2v) is 6.58. The number of fused-ring (bicyclic) bond motifs is 1. The molecule has 1 fully saturated rings. The summed E-state index contributed by atoms with van der Waals surface area (Å²) >= 11 is 0. The molecule has 4 rings (SSSR count). The van der Waals surface area contributed by atoms with Crippen molar-refractivity contribution in [2.45, 2.75) is 6.18 Å². The fourth-order valence-electron chi connectivity index (χ4n) is 3.40. The number of aromatic nitrogens is 2. The summed E-state index contributed by atoms with van der Waals surface area (Å²) in [6, 6.07) is 17.6. The summed E-state index contributed by atoms with van der Waals surface area (Å²) in [6.07, 6.45) is -4.83. The normalized spacial score (nSPS) is 15.1. The summed E-state index contributed by atoms with van der Waals surface area (Å²) in [7, 11) is 0. The molecule has 3 aromatic rings. The van der Waals surface area contributed by atoms with E-state index in [4.69, 9.17) is 0 Å². The van der Waals surface area contributed by atoms with Gasteiger partial charge in [0.2, 0.25) is 0 Å². The highest BCUT2D eigenvalue weighted by Gasteiger charge is 2.43. The van der Waals surface area contributed by atoms with Crippen LogP contribution in [-0.4, -0.2) is 53.4 Å². The minimum atomic E-state index is -4.83. The first-order chi connectivity index (χ1) is 13.4. The Morgan fingerprint density at radius 2 is 1.57 bits per heavy atom. The highest BCUT2D eigenvalue weighted by molar-refractivity contribution is 5.95. The van der Waals surface area contributed by atoms with E-state index in [0.29, 0.717) is 5.82 Å². The number of anilines is 1. The molecule has 2 heterocycles. The molecule has 0 radical (unpaired) electrons. The zero-order valence-electron chi connectivity index (χ0n) is 14.9. The first-order valence-corrected chi connectivity index (χ1v) is 8.86. The Bertz CT molecular complexity index is 991. The summed E-state index contributed by atoms with van der Waals surface area (Å²) < 4.78 is 37.6. The molecule has 2 aromatic carbocycles. The van der Waals surface area contributed by atoms with Gasteiger partial charge in [-0.05, 0) is 22.9 Å². The zero-order chi connectivity index (χ0) is 19.7. The van der Waals surface area contributed by atoms with E-state index in [1.807, 2.05) is 59.5 Å². The molecule has 5 nitrogen and oxygen atoms in total. The molecule has 8 heteroatoms. The van der Waals surface area contributed by atoms with Crippen molar-refractivity contribution < 1.29 is 18.0 Å². The lowest BCUT2D eigenvalue weighted by atomic mass is 10.0. The lowest BCUT2D eigenvalue weighted by Crippen LogP contribution is -2.52. The number of nitrogens with zero attached hydrogens (tertiary/aromatic N) is 4. The van der Waals surface area contributed by atoms with Crippen molar-refractivity contribution in [3.8, 4) is 11.3 Å². The SMILES string of the molecule is O=C(N1CCN(c2ccc(-c3cccc4ccccc34)nn2)CC1)C(F)(F)F. The van der Waals surface area contributed by atoms with Crippen LogP contribution in [0.15, 0.2) is 54.6 Å². The molecule has 1 aromatic heterocycles. The topological polar surface area (TPSA) is 49.3 Å². The van der Waals surface area contributed by atoms with Crippen LogP contribution in [0.4, 0.5) is 19.0 Å². The van der Waals surface area contributed by atoms with Crippen LogP contribution in [-0.2, 0) is 4.79 Å². The van der Waals surface area contributed by atoms with Gasteiger partial charge in [-0.25, -0.2) is 0 Å². The van der Waals surface area contributed by atoms with E-state index in [-0.39, 0.29) is 26.2 Å². The largest absolute Gasteiger partial charge is 0.471 e.